The number of nitrogens with zero attached hydrogens (tertiary/aromatic N) is 6. The number of fused-ring (bicyclic) bond motifs is 1. The molecule has 0 aliphatic carbocycles. The Morgan fingerprint density at radius 2 is 2.05 bits per heavy atom. The largest absolute Gasteiger partial charge is 0.480 e. The number of imidazole rings is 1. The molecule has 0 spiro atoms. The van der Waals surface area contributed by atoms with Crippen LogP contribution in [-0.4, -0.2) is 64.2 Å². The van der Waals surface area contributed by atoms with Gasteiger partial charge in [-0.3, -0.25) is 14.0 Å². The van der Waals surface area contributed by atoms with E-state index in [-0.39, 0.29) is 49.0 Å². The van der Waals surface area contributed by atoms with Crippen molar-refractivity contribution in [1.82, 2.24) is 29.3 Å². The van der Waals surface area contributed by atoms with Crippen molar-refractivity contribution in [2.45, 2.75) is 51.2 Å². The lowest BCUT2D eigenvalue weighted by Crippen LogP contribution is -2.40. The van der Waals surface area contributed by atoms with Crippen LogP contribution < -0.4 is 10.5 Å². The molecular weight excluding hydrogens is 507 g/mol. The number of hydrogen-bond acceptors (Lipinski definition) is 7. The average molecular weight is 531 g/mol. The number of alkyl halides is 3. The van der Waals surface area contributed by atoms with Gasteiger partial charge in [-0.1, -0.05) is 19.1 Å². The number of carbonyl (C=O) groups is 1. The number of aliphatic carboxylic acids is 1. The Morgan fingerprint density at radius 1 is 1.26 bits per heavy atom. The van der Waals surface area contributed by atoms with E-state index in [0.29, 0.717) is 17.5 Å². The summed E-state index contributed by atoms with van der Waals surface area (Å²) < 4.78 is 41.9. The highest BCUT2D eigenvalue weighted by Crippen LogP contribution is 2.30. The standard InChI is InChI=1S/C24H24F3N7O4/c1-2-6-33-21(36)18-20(31-23(33)34-12-16(35)8-17(34)22(37)38)30-19(29-18)14-9-28-32(11-14)10-13-4-3-5-15(7-13)24(25,26)27/h3-5,7,9,11,16-17,35H,2,6,8,10,12H2,1H3,(H,29,30)(H,37,38)/t16-,17-/m1/s1. The number of aromatic nitrogens is 6. The van der Waals surface area contributed by atoms with Crippen molar-refractivity contribution < 1.29 is 28.2 Å². The minimum Gasteiger partial charge on any atom is -0.480 e. The molecule has 4 aromatic rings. The lowest BCUT2D eigenvalue weighted by atomic mass is 10.1. The summed E-state index contributed by atoms with van der Waals surface area (Å²) in [6.07, 6.45) is -1.69. The summed E-state index contributed by atoms with van der Waals surface area (Å²) in [6, 6.07) is 3.93. The number of carboxylic acids is 1. The molecule has 38 heavy (non-hydrogen) atoms. The number of benzene rings is 1. The van der Waals surface area contributed by atoms with E-state index in [1.807, 2.05) is 6.92 Å². The SMILES string of the molecule is CCCn1c(N2C[C@H](O)C[C@@H]2C(=O)O)nc2nc(-c3cnn(Cc4cccc(C(F)(F)F)c4)c3)[nH]c2c1=O. The zero-order valence-electron chi connectivity index (χ0n) is 20.2. The van der Waals surface area contributed by atoms with Gasteiger partial charge in [-0.25, -0.2) is 9.78 Å². The lowest BCUT2D eigenvalue weighted by molar-refractivity contribution is -0.139. The molecule has 1 saturated heterocycles. The van der Waals surface area contributed by atoms with Gasteiger partial charge in [-0.2, -0.15) is 23.3 Å². The monoisotopic (exact) mass is 531 g/mol. The van der Waals surface area contributed by atoms with Crippen LogP contribution in [0.2, 0.25) is 0 Å². The molecule has 5 rings (SSSR count). The van der Waals surface area contributed by atoms with Gasteiger partial charge in [-0.05, 0) is 24.1 Å². The summed E-state index contributed by atoms with van der Waals surface area (Å²) in [6.45, 7) is 2.24. The van der Waals surface area contributed by atoms with Crippen molar-refractivity contribution in [3.63, 3.8) is 0 Å². The molecule has 14 heteroatoms. The van der Waals surface area contributed by atoms with Crippen molar-refractivity contribution in [3.05, 3.63) is 58.1 Å². The number of aliphatic hydroxyl groups is 1. The highest BCUT2D eigenvalue weighted by atomic mass is 19.4. The van der Waals surface area contributed by atoms with Crippen LogP contribution in [-0.2, 0) is 24.1 Å². The Labute approximate surface area is 213 Å². The van der Waals surface area contributed by atoms with Crippen molar-refractivity contribution in [2.75, 3.05) is 11.4 Å². The number of aromatic amines is 1. The molecule has 4 heterocycles. The molecule has 0 unspecified atom stereocenters. The maximum atomic E-state index is 13.4. The molecule has 1 aliphatic heterocycles. The fraction of sp³-hybridized carbons (Fsp3) is 0.375. The smallest absolute Gasteiger partial charge is 0.416 e. The molecule has 3 N–H and O–H groups in total. The van der Waals surface area contributed by atoms with Gasteiger partial charge >= 0.3 is 12.1 Å². The Bertz CT molecular complexity index is 1560. The first-order valence-corrected chi connectivity index (χ1v) is 11.9. The fourth-order valence-corrected chi connectivity index (χ4v) is 4.63. The van der Waals surface area contributed by atoms with E-state index in [2.05, 4.69) is 20.1 Å². The molecular formula is C24H24F3N7O4. The predicted octanol–water partition coefficient (Wildman–Crippen LogP) is 2.48. The summed E-state index contributed by atoms with van der Waals surface area (Å²) in [7, 11) is 0. The van der Waals surface area contributed by atoms with Crippen LogP contribution in [0.15, 0.2) is 41.5 Å². The van der Waals surface area contributed by atoms with Gasteiger partial charge in [0.15, 0.2) is 11.2 Å². The Morgan fingerprint density at radius 3 is 2.76 bits per heavy atom. The van der Waals surface area contributed by atoms with E-state index in [9.17, 15) is 33.0 Å². The van der Waals surface area contributed by atoms with Crippen molar-refractivity contribution >= 4 is 23.1 Å². The van der Waals surface area contributed by atoms with Crippen LogP contribution in [0.3, 0.4) is 0 Å². The Kier molecular flexibility index (Phi) is 6.42. The molecule has 1 aromatic carbocycles. The normalized spacial score (nSPS) is 18.0. The van der Waals surface area contributed by atoms with Crippen LogP contribution >= 0.6 is 0 Å². The van der Waals surface area contributed by atoms with Gasteiger partial charge in [0.2, 0.25) is 5.95 Å². The number of β-amino-alcohol motifs (C(OH)–C–C–N with tert-alkyl or cyclic N) is 1. The van der Waals surface area contributed by atoms with Crippen molar-refractivity contribution in [1.29, 1.82) is 0 Å². The summed E-state index contributed by atoms with van der Waals surface area (Å²) in [5, 5.41) is 23.9. The third kappa shape index (κ3) is 4.74. The Balaban J connectivity index is 1.49. The summed E-state index contributed by atoms with van der Waals surface area (Å²) in [4.78, 5) is 38.4. The van der Waals surface area contributed by atoms with Crippen molar-refractivity contribution in [2.24, 2.45) is 0 Å². The van der Waals surface area contributed by atoms with Crippen LogP contribution in [0, 0.1) is 0 Å². The first kappa shape index (κ1) is 25.4. The van der Waals surface area contributed by atoms with Gasteiger partial charge in [0, 0.05) is 25.7 Å². The number of anilines is 1. The van der Waals surface area contributed by atoms with Gasteiger partial charge in [0.25, 0.3) is 5.56 Å². The molecule has 0 bridgehead atoms. The average Bonchev–Trinajstić information content (AvgIpc) is 3.59. The van der Waals surface area contributed by atoms with Gasteiger partial charge in [0.05, 0.1) is 30.0 Å². The molecule has 200 valence electrons. The number of halogens is 3. The highest BCUT2D eigenvalue weighted by Gasteiger charge is 2.38. The van der Waals surface area contributed by atoms with Crippen LogP contribution in [0.1, 0.15) is 30.9 Å². The molecule has 2 atom stereocenters. The summed E-state index contributed by atoms with van der Waals surface area (Å²) >= 11 is 0. The third-order valence-electron chi connectivity index (χ3n) is 6.36. The van der Waals surface area contributed by atoms with Crippen LogP contribution in [0.5, 0.6) is 0 Å². The summed E-state index contributed by atoms with van der Waals surface area (Å²) in [5.41, 5.74) is -0.0994. The fourth-order valence-electron chi connectivity index (χ4n) is 4.63. The minimum absolute atomic E-state index is 0.00619. The molecule has 11 nitrogen and oxygen atoms in total. The number of nitrogens with one attached hydrogen (secondary N) is 1. The van der Waals surface area contributed by atoms with E-state index in [4.69, 9.17) is 0 Å². The van der Waals surface area contributed by atoms with Gasteiger partial charge in [-0.15, -0.1) is 0 Å². The second kappa shape index (κ2) is 9.59. The third-order valence-corrected chi connectivity index (χ3v) is 6.36. The summed E-state index contributed by atoms with van der Waals surface area (Å²) in [5.74, 6) is -0.738. The number of H-pyrrole nitrogens is 1. The lowest BCUT2D eigenvalue weighted by Gasteiger charge is -2.25. The highest BCUT2D eigenvalue weighted by molar-refractivity contribution is 5.80. The number of hydrogen-bond donors (Lipinski definition) is 3. The van der Waals surface area contributed by atoms with Crippen molar-refractivity contribution in [3.8, 4) is 11.4 Å². The molecule has 0 radical (unpaired) electrons. The molecule has 0 saturated carbocycles. The Hall–Kier alpha value is -4.20. The number of rotatable bonds is 7. The van der Waals surface area contributed by atoms with Gasteiger partial charge < -0.3 is 20.1 Å². The minimum atomic E-state index is -4.45. The maximum Gasteiger partial charge on any atom is 0.416 e. The first-order valence-electron chi connectivity index (χ1n) is 11.9. The predicted molar refractivity (Wildman–Crippen MR) is 130 cm³/mol. The molecule has 1 aliphatic rings. The second-order valence-electron chi connectivity index (χ2n) is 9.17. The molecule has 1 fully saturated rings. The molecule has 0 amide bonds. The topological polar surface area (TPSA) is 142 Å². The maximum absolute atomic E-state index is 13.4. The molecule has 3 aromatic heterocycles. The van der Waals surface area contributed by atoms with Crippen LogP contribution in [0.4, 0.5) is 19.1 Å². The van der Waals surface area contributed by atoms with E-state index >= 15 is 0 Å². The van der Waals surface area contributed by atoms with E-state index < -0.39 is 35.4 Å². The zero-order chi connectivity index (χ0) is 27.2. The first-order chi connectivity index (χ1) is 18.0. The number of carboxylic acid groups (broad SMARTS) is 1. The second-order valence-corrected chi connectivity index (χ2v) is 9.17. The van der Waals surface area contributed by atoms with Gasteiger partial charge in [0.1, 0.15) is 11.9 Å². The van der Waals surface area contributed by atoms with E-state index in [1.54, 1.807) is 12.3 Å². The zero-order valence-corrected chi connectivity index (χ0v) is 20.2. The van der Waals surface area contributed by atoms with Crippen LogP contribution in [0.25, 0.3) is 22.6 Å². The quantitative estimate of drug-likeness (QED) is 0.330. The van der Waals surface area contributed by atoms with E-state index in [0.717, 1.165) is 12.1 Å². The number of aliphatic hydroxyl groups excluding tert-OH is 1. The van der Waals surface area contributed by atoms with E-state index in [1.165, 1.54) is 26.4 Å².